The Hall–Kier alpha value is -1.32. The van der Waals surface area contributed by atoms with Gasteiger partial charge in [0.15, 0.2) is 0 Å². The number of sulfonamides is 2. The van der Waals surface area contributed by atoms with Crippen LogP contribution in [0.5, 0.6) is 0 Å². The summed E-state index contributed by atoms with van der Waals surface area (Å²) in [6.45, 7) is 2.82. The Morgan fingerprint density at radius 3 is 2.31 bits per heavy atom. The lowest BCUT2D eigenvalue weighted by Gasteiger charge is -2.25. The van der Waals surface area contributed by atoms with Crippen molar-refractivity contribution in [1.29, 1.82) is 0 Å². The first-order valence-corrected chi connectivity index (χ1v) is 12.9. The maximum atomic E-state index is 13.3. The third kappa shape index (κ3) is 3.55. The lowest BCUT2D eigenvalue weighted by Crippen LogP contribution is -2.35. The van der Waals surface area contributed by atoms with E-state index >= 15 is 0 Å². The molecule has 29 heavy (non-hydrogen) atoms. The van der Waals surface area contributed by atoms with Crippen molar-refractivity contribution in [3.63, 3.8) is 0 Å². The van der Waals surface area contributed by atoms with Gasteiger partial charge in [-0.3, -0.25) is 4.31 Å². The van der Waals surface area contributed by atoms with Crippen LogP contribution >= 0.6 is 23.2 Å². The van der Waals surface area contributed by atoms with E-state index in [9.17, 15) is 16.8 Å². The van der Waals surface area contributed by atoms with Gasteiger partial charge in [-0.15, -0.1) is 0 Å². The highest BCUT2D eigenvalue weighted by Gasteiger charge is 2.38. The van der Waals surface area contributed by atoms with Crippen LogP contribution in [0.1, 0.15) is 25.3 Å². The number of rotatable bonds is 4. The van der Waals surface area contributed by atoms with Crippen LogP contribution in [-0.2, 0) is 26.5 Å². The Kier molecular flexibility index (Phi) is 5.36. The van der Waals surface area contributed by atoms with Crippen molar-refractivity contribution in [2.75, 3.05) is 17.4 Å². The van der Waals surface area contributed by atoms with Crippen molar-refractivity contribution in [3.05, 3.63) is 52.0 Å². The summed E-state index contributed by atoms with van der Waals surface area (Å²) >= 11 is 12.1. The third-order valence-corrected chi connectivity index (χ3v) is 9.88. The van der Waals surface area contributed by atoms with Crippen LogP contribution in [0.25, 0.3) is 0 Å². The van der Waals surface area contributed by atoms with Crippen molar-refractivity contribution >= 4 is 48.9 Å². The minimum Gasteiger partial charge on any atom is -0.263 e. The monoisotopic (exact) mass is 474 g/mol. The molecule has 2 aliphatic heterocycles. The van der Waals surface area contributed by atoms with E-state index in [-0.39, 0.29) is 25.9 Å². The Morgan fingerprint density at radius 1 is 0.931 bits per heavy atom. The van der Waals surface area contributed by atoms with Gasteiger partial charge in [0.1, 0.15) is 4.90 Å². The van der Waals surface area contributed by atoms with Crippen molar-refractivity contribution in [3.8, 4) is 0 Å². The van der Waals surface area contributed by atoms with Gasteiger partial charge >= 0.3 is 0 Å². The molecule has 0 N–H and O–H groups in total. The zero-order valence-electron chi connectivity index (χ0n) is 15.7. The molecule has 1 fully saturated rings. The fourth-order valence-corrected chi connectivity index (χ4v) is 7.97. The highest BCUT2D eigenvalue weighted by Crippen LogP contribution is 2.40. The van der Waals surface area contributed by atoms with Crippen molar-refractivity contribution in [1.82, 2.24) is 4.31 Å². The molecule has 0 radical (unpaired) electrons. The zero-order valence-corrected chi connectivity index (χ0v) is 18.8. The molecule has 0 aromatic heterocycles. The van der Waals surface area contributed by atoms with Crippen molar-refractivity contribution in [2.45, 2.75) is 42.0 Å². The quantitative estimate of drug-likeness (QED) is 0.672. The Bertz CT molecular complexity index is 1180. The van der Waals surface area contributed by atoms with Crippen molar-refractivity contribution in [2.24, 2.45) is 0 Å². The highest BCUT2D eigenvalue weighted by molar-refractivity contribution is 7.93. The van der Waals surface area contributed by atoms with Crippen molar-refractivity contribution < 1.29 is 16.8 Å². The first kappa shape index (κ1) is 20.9. The van der Waals surface area contributed by atoms with E-state index in [1.165, 1.54) is 32.9 Å². The zero-order chi connectivity index (χ0) is 21.0. The summed E-state index contributed by atoms with van der Waals surface area (Å²) in [5.74, 6) is 0. The molecule has 1 saturated heterocycles. The van der Waals surface area contributed by atoms with Gasteiger partial charge in [-0.2, -0.15) is 4.31 Å². The fraction of sp³-hybridized carbons (Fsp3) is 0.368. The molecular formula is C19H20Cl2N2O4S2. The third-order valence-electron chi connectivity index (χ3n) is 5.34. The molecule has 10 heteroatoms. The van der Waals surface area contributed by atoms with Gasteiger partial charge in [-0.1, -0.05) is 23.2 Å². The molecular weight excluding hydrogens is 455 g/mol. The van der Waals surface area contributed by atoms with Gasteiger partial charge in [0.2, 0.25) is 10.0 Å². The molecule has 156 valence electrons. The molecule has 2 heterocycles. The van der Waals surface area contributed by atoms with Gasteiger partial charge in [-0.25, -0.2) is 16.8 Å². The normalized spacial score (nSPS) is 20.2. The summed E-state index contributed by atoms with van der Waals surface area (Å²) in [6.07, 6.45) is 2.12. The second-order valence-corrected chi connectivity index (χ2v) is 11.9. The van der Waals surface area contributed by atoms with E-state index < -0.39 is 20.0 Å². The Morgan fingerprint density at radius 2 is 1.62 bits per heavy atom. The van der Waals surface area contributed by atoms with Crippen LogP contribution in [0.4, 0.5) is 5.69 Å². The van der Waals surface area contributed by atoms with Crippen LogP contribution in [0.3, 0.4) is 0 Å². The summed E-state index contributed by atoms with van der Waals surface area (Å²) in [4.78, 5) is 0.130. The number of anilines is 1. The van der Waals surface area contributed by atoms with Gasteiger partial charge in [0.25, 0.3) is 10.0 Å². The maximum absolute atomic E-state index is 13.3. The average molecular weight is 475 g/mol. The predicted octanol–water partition coefficient (Wildman–Crippen LogP) is 3.92. The highest BCUT2D eigenvalue weighted by atomic mass is 35.5. The van der Waals surface area contributed by atoms with Crippen LogP contribution in [-0.4, -0.2) is 40.3 Å². The fourth-order valence-electron chi connectivity index (χ4n) is 3.96. The molecule has 4 rings (SSSR count). The molecule has 2 aromatic carbocycles. The number of nitrogens with zero attached hydrogens (tertiary/aromatic N) is 2. The standard InChI is InChI=1S/C19H20Cl2N2O4S2/c1-13-10-14-11-16(28(24,25)22-8-2-3-9-22)5-7-18(14)23(13)29(26,27)19-12-15(20)4-6-17(19)21/h4-7,11-13H,2-3,8-10H2,1H3/t13-/m1/s1. The van der Waals surface area contributed by atoms with E-state index in [0.29, 0.717) is 30.8 Å². The molecule has 2 aromatic rings. The second kappa shape index (κ2) is 7.42. The molecule has 0 unspecified atom stereocenters. The minimum atomic E-state index is -3.96. The molecule has 2 aliphatic rings. The predicted molar refractivity (Wildman–Crippen MR) is 114 cm³/mol. The summed E-state index contributed by atoms with van der Waals surface area (Å²) in [7, 11) is -7.53. The first-order valence-electron chi connectivity index (χ1n) is 9.25. The Labute approximate surface area is 181 Å². The van der Waals surface area contributed by atoms with Crippen LogP contribution in [0, 0.1) is 0 Å². The maximum Gasteiger partial charge on any atom is 0.266 e. The first-order chi connectivity index (χ1) is 13.6. The second-order valence-electron chi connectivity index (χ2n) is 7.33. The average Bonchev–Trinajstić information content (AvgIpc) is 3.30. The minimum absolute atomic E-state index is 0.0693. The van der Waals surface area contributed by atoms with E-state index in [4.69, 9.17) is 23.2 Å². The number of halogens is 2. The van der Waals surface area contributed by atoms with Gasteiger partial charge in [-0.05, 0) is 68.1 Å². The van der Waals surface area contributed by atoms with Gasteiger partial charge < -0.3 is 0 Å². The van der Waals surface area contributed by atoms with E-state index in [0.717, 1.165) is 12.8 Å². The molecule has 1 atom stereocenters. The van der Waals surface area contributed by atoms with Gasteiger partial charge in [0.05, 0.1) is 15.6 Å². The van der Waals surface area contributed by atoms with E-state index in [1.807, 2.05) is 0 Å². The van der Waals surface area contributed by atoms with Crippen LogP contribution < -0.4 is 4.31 Å². The summed E-state index contributed by atoms with van der Waals surface area (Å²) in [5.41, 5.74) is 1.15. The molecule has 0 spiro atoms. The van der Waals surface area contributed by atoms with E-state index in [1.54, 1.807) is 19.1 Å². The lowest BCUT2D eigenvalue weighted by molar-refractivity contribution is 0.477. The number of benzene rings is 2. The number of fused-ring (bicyclic) bond motifs is 1. The summed E-state index contributed by atoms with van der Waals surface area (Å²) < 4.78 is 55.2. The van der Waals surface area contributed by atoms with Crippen LogP contribution in [0.2, 0.25) is 10.0 Å². The Balaban J connectivity index is 1.76. The molecule has 6 nitrogen and oxygen atoms in total. The number of hydrogen-bond acceptors (Lipinski definition) is 4. The molecule has 0 aliphatic carbocycles. The molecule has 0 bridgehead atoms. The van der Waals surface area contributed by atoms with Crippen LogP contribution in [0.15, 0.2) is 46.2 Å². The number of hydrogen-bond donors (Lipinski definition) is 0. The lowest BCUT2D eigenvalue weighted by atomic mass is 10.1. The topological polar surface area (TPSA) is 74.8 Å². The molecule has 0 saturated carbocycles. The molecule has 0 amide bonds. The summed E-state index contributed by atoms with van der Waals surface area (Å²) in [5, 5.41) is 0.357. The largest absolute Gasteiger partial charge is 0.266 e. The van der Waals surface area contributed by atoms with Gasteiger partial charge in [0, 0.05) is 24.2 Å². The smallest absolute Gasteiger partial charge is 0.263 e. The summed E-state index contributed by atoms with van der Waals surface area (Å²) in [6, 6.07) is 8.56. The van der Waals surface area contributed by atoms with E-state index in [2.05, 4.69) is 0 Å². The SMILES string of the molecule is C[C@@H]1Cc2cc(S(=O)(=O)N3CCCC3)ccc2N1S(=O)(=O)c1cc(Cl)ccc1Cl.